The van der Waals surface area contributed by atoms with Crippen molar-refractivity contribution in [2.45, 2.75) is 71.0 Å². The Hall–Kier alpha value is -1.26. The number of hydrogen-bond acceptors (Lipinski definition) is 4. The topological polar surface area (TPSA) is 47.7 Å². The summed E-state index contributed by atoms with van der Waals surface area (Å²) in [5.41, 5.74) is 7.44. The summed E-state index contributed by atoms with van der Waals surface area (Å²) >= 11 is 0. The highest BCUT2D eigenvalue weighted by Gasteiger charge is 2.26. The molecule has 4 nitrogen and oxygen atoms in total. The first-order valence-corrected chi connectivity index (χ1v) is 9.57. The van der Waals surface area contributed by atoms with Crippen molar-refractivity contribution in [3.8, 4) is 11.5 Å². The summed E-state index contributed by atoms with van der Waals surface area (Å²) in [6, 6.07) is 7.44. The van der Waals surface area contributed by atoms with Gasteiger partial charge >= 0.3 is 0 Å². The van der Waals surface area contributed by atoms with Gasteiger partial charge in [0.1, 0.15) is 0 Å². The van der Waals surface area contributed by atoms with Crippen LogP contribution in [0.15, 0.2) is 18.2 Å². The highest BCUT2D eigenvalue weighted by molar-refractivity contribution is 5.44. The Kier molecular flexibility index (Phi) is 6.01. The number of nitrogens with zero attached hydrogens (tertiary/aromatic N) is 1. The van der Waals surface area contributed by atoms with Crippen molar-refractivity contribution in [3.05, 3.63) is 23.8 Å². The van der Waals surface area contributed by atoms with Crippen LogP contribution in [-0.4, -0.2) is 30.3 Å². The molecule has 0 saturated heterocycles. The lowest BCUT2D eigenvalue weighted by Gasteiger charge is -2.38. The number of rotatable bonds is 7. The second-order valence-electron chi connectivity index (χ2n) is 7.37. The van der Waals surface area contributed by atoms with E-state index >= 15 is 0 Å². The lowest BCUT2D eigenvalue weighted by Crippen LogP contribution is -2.42. The lowest BCUT2D eigenvalue weighted by atomic mass is 9.89. The van der Waals surface area contributed by atoms with Crippen molar-refractivity contribution in [2.75, 3.05) is 13.3 Å². The van der Waals surface area contributed by atoms with Crippen molar-refractivity contribution in [3.63, 3.8) is 0 Å². The van der Waals surface area contributed by atoms with Crippen LogP contribution in [0.1, 0.15) is 57.9 Å². The van der Waals surface area contributed by atoms with E-state index in [0.29, 0.717) is 18.9 Å². The molecule has 2 N–H and O–H groups in total. The second kappa shape index (κ2) is 8.21. The molecule has 0 radical (unpaired) electrons. The molecule has 0 amide bonds. The molecule has 1 heterocycles. The molecule has 0 bridgehead atoms. The fourth-order valence-corrected chi connectivity index (χ4v) is 3.96. The van der Waals surface area contributed by atoms with Crippen molar-refractivity contribution >= 4 is 0 Å². The smallest absolute Gasteiger partial charge is 0.231 e. The van der Waals surface area contributed by atoms with Crippen LogP contribution in [-0.2, 0) is 6.54 Å². The Morgan fingerprint density at radius 2 is 1.79 bits per heavy atom. The fourth-order valence-electron chi connectivity index (χ4n) is 3.96. The summed E-state index contributed by atoms with van der Waals surface area (Å²) in [6.07, 6.45) is 7.27. The largest absolute Gasteiger partial charge is 0.454 e. The third kappa shape index (κ3) is 4.22. The van der Waals surface area contributed by atoms with Crippen LogP contribution in [0.2, 0.25) is 0 Å². The van der Waals surface area contributed by atoms with Crippen LogP contribution in [0.5, 0.6) is 11.5 Å². The molecule has 1 saturated carbocycles. The first-order chi connectivity index (χ1) is 11.7. The monoisotopic (exact) mass is 332 g/mol. The van der Waals surface area contributed by atoms with Gasteiger partial charge < -0.3 is 15.2 Å². The average molecular weight is 332 g/mol. The van der Waals surface area contributed by atoms with E-state index in [4.69, 9.17) is 15.2 Å². The van der Waals surface area contributed by atoms with E-state index in [-0.39, 0.29) is 0 Å². The molecule has 134 valence electrons. The third-order valence-corrected chi connectivity index (χ3v) is 5.73. The van der Waals surface area contributed by atoms with Crippen molar-refractivity contribution < 1.29 is 9.47 Å². The summed E-state index contributed by atoms with van der Waals surface area (Å²) in [5, 5.41) is 0. The highest BCUT2D eigenvalue weighted by atomic mass is 16.7. The SMILES string of the molecule is CCC(CC)CN(Cc1ccc2c(c1)OCO2)C1CCC(N)CC1. The standard InChI is InChI=1S/C20H32N2O2/c1-3-15(4-2)12-22(18-8-6-17(21)7-9-18)13-16-5-10-19-20(11-16)24-14-23-19/h5,10-11,15,17-18H,3-4,6-9,12-14,21H2,1-2H3. The van der Waals surface area contributed by atoms with Gasteiger partial charge in [-0.3, -0.25) is 4.90 Å². The van der Waals surface area contributed by atoms with Crippen molar-refractivity contribution in [1.82, 2.24) is 4.90 Å². The fraction of sp³-hybridized carbons (Fsp3) is 0.700. The van der Waals surface area contributed by atoms with Gasteiger partial charge in [-0.25, -0.2) is 0 Å². The maximum Gasteiger partial charge on any atom is 0.231 e. The minimum absolute atomic E-state index is 0.344. The number of nitrogens with two attached hydrogens (primary N) is 1. The molecule has 4 heteroatoms. The quantitative estimate of drug-likeness (QED) is 0.822. The molecule has 1 aliphatic carbocycles. The van der Waals surface area contributed by atoms with Crippen LogP contribution in [0.3, 0.4) is 0 Å². The van der Waals surface area contributed by atoms with Gasteiger partial charge in [0.05, 0.1) is 0 Å². The maximum absolute atomic E-state index is 6.12. The summed E-state index contributed by atoms with van der Waals surface area (Å²) < 4.78 is 11.0. The molecule has 24 heavy (non-hydrogen) atoms. The Bertz CT molecular complexity index is 522. The zero-order valence-electron chi connectivity index (χ0n) is 15.2. The summed E-state index contributed by atoms with van der Waals surface area (Å²) in [7, 11) is 0. The number of fused-ring (bicyclic) bond motifs is 1. The number of benzene rings is 1. The Morgan fingerprint density at radius 1 is 1.08 bits per heavy atom. The Balaban J connectivity index is 1.71. The molecule has 1 aromatic carbocycles. The number of hydrogen-bond donors (Lipinski definition) is 1. The predicted molar refractivity (Wildman–Crippen MR) is 97.3 cm³/mol. The van der Waals surface area contributed by atoms with Crippen LogP contribution >= 0.6 is 0 Å². The van der Waals surface area contributed by atoms with Gasteiger partial charge in [-0.15, -0.1) is 0 Å². The van der Waals surface area contributed by atoms with E-state index in [1.807, 2.05) is 6.07 Å². The first-order valence-electron chi connectivity index (χ1n) is 9.57. The van der Waals surface area contributed by atoms with E-state index in [1.54, 1.807) is 0 Å². The Morgan fingerprint density at radius 3 is 2.50 bits per heavy atom. The zero-order chi connectivity index (χ0) is 16.9. The molecular formula is C20H32N2O2. The van der Waals surface area contributed by atoms with Gasteiger partial charge in [0.15, 0.2) is 11.5 Å². The summed E-state index contributed by atoms with van der Waals surface area (Å²) in [6.45, 7) is 7.14. The predicted octanol–water partition coefficient (Wildman–Crippen LogP) is 3.92. The van der Waals surface area contributed by atoms with E-state index < -0.39 is 0 Å². The minimum atomic E-state index is 0.344. The van der Waals surface area contributed by atoms with Gasteiger partial charge in [0.2, 0.25) is 6.79 Å². The number of ether oxygens (including phenoxy) is 2. The van der Waals surface area contributed by atoms with Gasteiger partial charge in [0.25, 0.3) is 0 Å². The van der Waals surface area contributed by atoms with Crippen LogP contribution in [0.25, 0.3) is 0 Å². The zero-order valence-corrected chi connectivity index (χ0v) is 15.2. The molecule has 0 spiro atoms. The molecule has 2 aliphatic rings. The summed E-state index contributed by atoms with van der Waals surface area (Å²) in [4.78, 5) is 2.70. The lowest BCUT2D eigenvalue weighted by molar-refractivity contribution is 0.117. The summed E-state index contributed by atoms with van der Waals surface area (Å²) in [5.74, 6) is 2.53. The van der Waals surface area contributed by atoms with Crippen molar-refractivity contribution in [1.29, 1.82) is 0 Å². The molecule has 1 aliphatic heterocycles. The van der Waals surface area contributed by atoms with E-state index in [9.17, 15) is 0 Å². The van der Waals surface area contributed by atoms with Crippen LogP contribution in [0.4, 0.5) is 0 Å². The highest BCUT2D eigenvalue weighted by Crippen LogP contribution is 2.33. The molecule has 0 unspecified atom stereocenters. The molecule has 1 aromatic rings. The van der Waals surface area contributed by atoms with Crippen molar-refractivity contribution in [2.24, 2.45) is 11.7 Å². The minimum Gasteiger partial charge on any atom is -0.454 e. The molecule has 1 fully saturated rings. The second-order valence-corrected chi connectivity index (χ2v) is 7.37. The van der Waals surface area contributed by atoms with Gasteiger partial charge in [0, 0.05) is 25.2 Å². The van der Waals surface area contributed by atoms with E-state index in [0.717, 1.165) is 36.8 Å². The van der Waals surface area contributed by atoms with Gasteiger partial charge in [-0.1, -0.05) is 32.8 Å². The third-order valence-electron chi connectivity index (χ3n) is 5.73. The van der Waals surface area contributed by atoms with Gasteiger partial charge in [-0.2, -0.15) is 0 Å². The Labute approximate surface area is 146 Å². The molecular weight excluding hydrogens is 300 g/mol. The molecule has 0 aromatic heterocycles. The molecule has 0 atom stereocenters. The maximum atomic E-state index is 6.12. The first kappa shape index (κ1) is 17.6. The van der Waals surface area contributed by atoms with Crippen LogP contribution < -0.4 is 15.2 Å². The average Bonchev–Trinajstić information content (AvgIpc) is 3.07. The van der Waals surface area contributed by atoms with E-state index in [2.05, 4.69) is 30.9 Å². The van der Waals surface area contributed by atoms with Gasteiger partial charge in [-0.05, 0) is 49.3 Å². The van der Waals surface area contributed by atoms with Crippen LogP contribution in [0, 0.1) is 5.92 Å². The molecule has 3 rings (SSSR count). The normalized spacial score (nSPS) is 23.2. The van der Waals surface area contributed by atoms with E-state index in [1.165, 1.54) is 37.8 Å².